The van der Waals surface area contributed by atoms with Crippen LogP contribution in [0.3, 0.4) is 0 Å². The quantitative estimate of drug-likeness (QED) is 0.904. The van der Waals surface area contributed by atoms with Gasteiger partial charge in [0.15, 0.2) is 0 Å². The zero-order valence-corrected chi connectivity index (χ0v) is 12.3. The highest BCUT2D eigenvalue weighted by atomic mass is 35.5. The molecule has 2 aromatic rings. The fourth-order valence-corrected chi connectivity index (χ4v) is 2.36. The first kappa shape index (κ1) is 15.5. The zero-order chi connectivity index (χ0) is 13.8. The number of carbonyl (C=O) groups excluding carboxylic acids is 1. The molecule has 1 aliphatic rings. The number of anilines is 1. The summed E-state index contributed by atoms with van der Waals surface area (Å²) >= 11 is 0. The molecule has 0 unspecified atom stereocenters. The molecule has 1 aromatic heterocycles. The standard InChI is InChI=1S/C14H17N5O.ClH/c20-14(11-5-7-15-8-6-11)18-12-1-3-13(4-2-12)19-16-9-10-17-19;/h1-4,9-11,15H,5-8H2,(H,18,20);1H. The van der Waals surface area contributed by atoms with Crippen LogP contribution in [0.2, 0.25) is 0 Å². The number of amides is 1. The molecule has 1 aliphatic heterocycles. The largest absolute Gasteiger partial charge is 0.326 e. The number of aromatic nitrogens is 3. The number of benzene rings is 1. The first-order chi connectivity index (χ1) is 9.83. The van der Waals surface area contributed by atoms with Gasteiger partial charge in [-0.3, -0.25) is 4.79 Å². The van der Waals surface area contributed by atoms with Gasteiger partial charge in [0, 0.05) is 11.6 Å². The molecule has 2 N–H and O–H groups in total. The van der Waals surface area contributed by atoms with Gasteiger partial charge in [0.05, 0.1) is 18.1 Å². The molecule has 21 heavy (non-hydrogen) atoms. The number of piperidine rings is 1. The third-order valence-corrected chi connectivity index (χ3v) is 3.49. The summed E-state index contributed by atoms with van der Waals surface area (Å²) in [6.07, 6.45) is 5.07. The summed E-state index contributed by atoms with van der Waals surface area (Å²) < 4.78 is 0. The van der Waals surface area contributed by atoms with Gasteiger partial charge in [0.25, 0.3) is 0 Å². The molecular weight excluding hydrogens is 290 g/mol. The molecule has 1 fully saturated rings. The lowest BCUT2D eigenvalue weighted by atomic mass is 9.97. The highest BCUT2D eigenvalue weighted by Crippen LogP contribution is 2.16. The summed E-state index contributed by atoms with van der Waals surface area (Å²) in [6, 6.07) is 7.52. The Morgan fingerprint density at radius 3 is 2.38 bits per heavy atom. The zero-order valence-electron chi connectivity index (χ0n) is 11.5. The van der Waals surface area contributed by atoms with E-state index in [0.717, 1.165) is 37.3 Å². The van der Waals surface area contributed by atoms with Crippen LogP contribution in [0, 0.1) is 5.92 Å². The summed E-state index contributed by atoms with van der Waals surface area (Å²) in [6.45, 7) is 1.84. The summed E-state index contributed by atoms with van der Waals surface area (Å²) in [5, 5.41) is 14.4. The Morgan fingerprint density at radius 2 is 1.76 bits per heavy atom. The molecular formula is C14H18ClN5O. The molecule has 1 aromatic carbocycles. The van der Waals surface area contributed by atoms with E-state index in [4.69, 9.17) is 0 Å². The van der Waals surface area contributed by atoms with Crippen LogP contribution >= 0.6 is 12.4 Å². The van der Waals surface area contributed by atoms with Crippen LogP contribution in [0.25, 0.3) is 5.69 Å². The first-order valence-electron chi connectivity index (χ1n) is 6.81. The molecule has 2 heterocycles. The average molecular weight is 308 g/mol. The molecule has 1 saturated heterocycles. The Hall–Kier alpha value is -1.92. The van der Waals surface area contributed by atoms with E-state index in [0.29, 0.717) is 0 Å². The molecule has 0 spiro atoms. The van der Waals surface area contributed by atoms with Gasteiger partial charge in [0.1, 0.15) is 0 Å². The highest BCUT2D eigenvalue weighted by Gasteiger charge is 2.20. The average Bonchev–Trinajstić information content (AvgIpc) is 3.03. The van der Waals surface area contributed by atoms with Crippen LogP contribution in [0.5, 0.6) is 0 Å². The van der Waals surface area contributed by atoms with Crippen LogP contribution in [0.15, 0.2) is 36.7 Å². The van der Waals surface area contributed by atoms with Gasteiger partial charge in [-0.25, -0.2) is 0 Å². The molecule has 0 aliphatic carbocycles. The van der Waals surface area contributed by atoms with Crippen molar-refractivity contribution in [3.8, 4) is 5.69 Å². The highest BCUT2D eigenvalue weighted by molar-refractivity contribution is 5.92. The van der Waals surface area contributed by atoms with E-state index in [-0.39, 0.29) is 24.2 Å². The minimum absolute atomic E-state index is 0. The summed E-state index contributed by atoms with van der Waals surface area (Å²) in [7, 11) is 0. The van der Waals surface area contributed by atoms with Crippen molar-refractivity contribution in [2.24, 2.45) is 5.92 Å². The third kappa shape index (κ3) is 3.80. The second-order valence-corrected chi connectivity index (χ2v) is 4.88. The lowest BCUT2D eigenvalue weighted by Gasteiger charge is -2.21. The lowest BCUT2D eigenvalue weighted by Crippen LogP contribution is -2.34. The maximum absolute atomic E-state index is 12.1. The molecule has 0 radical (unpaired) electrons. The Kier molecular flexibility index (Phi) is 5.30. The number of nitrogens with zero attached hydrogens (tertiary/aromatic N) is 3. The SMILES string of the molecule is Cl.O=C(Nc1ccc(-n2nccn2)cc1)C1CCNCC1. The molecule has 6 nitrogen and oxygen atoms in total. The normalized spacial score (nSPS) is 15.2. The smallest absolute Gasteiger partial charge is 0.227 e. The fourth-order valence-electron chi connectivity index (χ4n) is 2.36. The second kappa shape index (κ2) is 7.19. The Balaban J connectivity index is 0.00000161. The van der Waals surface area contributed by atoms with Crippen molar-refractivity contribution in [3.05, 3.63) is 36.7 Å². The maximum atomic E-state index is 12.1. The van der Waals surface area contributed by atoms with Crippen LogP contribution in [-0.2, 0) is 4.79 Å². The van der Waals surface area contributed by atoms with Gasteiger partial charge in [0.2, 0.25) is 5.91 Å². The Morgan fingerprint density at radius 1 is 1.14 bits per heavy atom. The minimum Gasteiger partial charge on any atom is -0.326 e. The predicted molar refractivity (Wildman–Crippen MR) is 82.8 cm³/mol. The summed E-state index contributed by atoms with van der Waals surface area (Å²) in [4.78, 5) is 13.7. The first-order valence-corrected chi connectivity index (χ1v) is 6.81. The molecule has 0 atom stereocenters. The van der Waals surface area contributed by atoms with E-state index >= 15 is 0 Å². The van der Waals surface area contributed by atoms with Crippen molar-refractivity contribution < 1.29 is 4.79 Å². The van der Waals surface area contributed by atoms with Crippen molar-refractivity contribution in [2.75, 3.05) is 18.4 Å². The van der Waals surface area contributed by atoms with Gasteiger partial charge in [-0.2, -0.15) is 15.0 Å². The minimum atomic E-state index is 0. The number of halogens is 1. The number of nitrogens with one attached hydrogen (secondary N) is 2. The summed E-state index contributed by atoms with van der Waals surface area (Å²) in [5.74, 6) is 0.222. The monoisotopic (exact) mass is 307 g/mol. The number of hydrogen-bond donors (Lipinski definition) is 2. The van der Waals surface area contributed by atoms with Gasteiger partial charge in [-0.1, -0.05) is 0 Å². The van der Waals surface area contributed by atoms with Crippen molar-refractivity contribution in [2.45, 2.75) is 12.8 Å². The van der Waals surface area contributed by atoms with E-state index in [1.54, 1.807) is 17.2 Å². The molecule has 0 bridgehead atoms. The Bertz CT molecular complexity index is 564. The van der Waals surface area contributed by atoms with E-state index in [9.17, 15) is 4.79 Å². The van der Waals surface area contributed by atoms with Gasteiger partial charge < -0.3 is 10.6 Å². The van der Waals surface area contributed by atoms with Crippen molar-refractivity contribution in [1.82, 2.24) is 20.3 Å². The second-order valence-electron chi connectivity index (χ2n) is 4.88. The molecule has 7 heteroatoms. The number of hydrogen-bond acceptors (Lipinski definition) is 4. The maximum Gasteiger partial charge on any atom is 0.227 e. The lowest BCUT2D eigenvalue weighted by molar-refractivity contribution is -0.120. The molecule has 0 saturated carbocycles. The number of carbonyl (C=O) groups is 1. The van der Waals surface area contributed by atoms with Gasteiger partial charge >= 0.3 is 0 Å². The molecule has 3 rings (SSSR count). The van der Waals surface area contributed by atoms with E-state index in [1.807, 2.05) is 24.3 Å². The van der Waals surface area contributed by atoms with Crippen LogP contribution in [0.4, 0.5) is 5.69 Å². The van der Waals surface area contributed by atoms with E-state index < -0.39 is 0 Å². The van der Waals surface area contributed by atoms with Crippen LogP contribution < -0.4 is 10.6 Å². The third-order valence-electron chi connectivity index (χ3n) is 3.49. The molecule has 1 amide bonds. The fraction of sp³-hybridized carbons (Fsp3) is 0.357. The van der Waals surface area contributed by atoms with Crippen molar-refractivity contribution >= 4 is 24.0 Å². The number of rotatable bonds is 3. The van der Waals surface area contributed by atoms with Gasteiger partial charge in [-0.15, -0.1) is 12.4 Å². The van der Waals surface area contributed by atoms with Crippen LogP contribution in [0.1, 0.15) is 12.8 Å². The Labute approximate surface area is 129 Å². The van der Waals surface area contributed by atoms with Crippen molar-refractivity contribution in [3.63, 3.8) is 0 Å². The van der Waals surface area contributed by atoms with Crippen LogP contribution in [-0.4, -0.2) is 34.0 Å². The predicted octanol–water partition coefficient (Wildman–Crippen LogP) is 1.63. The van der Waals surface area contributed by atoms with Gasteiger partial charge in [-0.05, 0) is 50.2 Å². The summed E-state index contributed by atoms with van der Waals surface area (Å²) in [5.41, 5.74) is 1.68. The van der Waals surface area contributed by atoms with Crippen molar-refractivity contribution in [1.29, 1.82) is 0 Å². The topological polar surface area (TPSA) is 71.8 Å². The van der Waals surface area contributed by atoms with E-state index in [2.05, 4.69) is 20.8 Å². The van der Waals surface area contributed by atoms with E-state index in [1.165, 1.54) is 0 Å². The molecule has 112 valence electrons.